The number of rotatable bonds is 1. The quantitative estimate of drug-likeness (QED) is 0.793. The third-order valence-corrected chi connectivity index (χ3v) is 3.02. The Kier molecular flexibility index (Phi) is 4.51. The van der Waals surface area contributed by atoms with Gasteiger partial charge in [-0.2, -0.15) is 13.2 Å². The lowest BCUT2D eigenvalue weighted by Gasteiger charge is -2.11. The van der Waals surface area contributed by atoms with Crippen LogP contribution in [0.4, 0.5) is 13.2 Å². The van der Waals surface area contributed by atoms with E-state index in [2.05, 4.69) is 4.98 Å². The molecule has 2 aromatic rings. The Balaban J connectivity index is 0.00000200. The minimum Gasteiger partial charge on any atom is -0.478 e. The summed E-state index contributed by atoms with van der Waals surface area (Å²) in [7, 11) is 0. The highest BCUT2D eigenvalue weighted by Crippen LogP contribution is 2.33. The molecule has 0 aliphatic heterocycles. The highest BCUT2D eigenvalue weighted by atomic mass is 35.5. The number of alkyl halides is 3. The lowest BCUT2D eigenvalue weighted by atomic mass is 10.0. The molecule has 0 amide bonds. The van der Waals surface area contributed by atoms with Gasteiger partial charge >= 0.3 is 12.1 Å². The third-order valence-electron chi connectivity index (χ3n) is 2.74. The van der Waals surface area contributed by atoms with Crippen molar-refractivity contribution in [3.63, 3.8) is 0 Å². The average Bonchev–Trinajstić information content (AvgIpc) is 2.26. The largest absolute Gasteiger partial charge is 0.478 e. The molecule has 0 atom stereocenters. The highest BCUT2D eigenvalue weighted by molar-refractivity contribution is 6.33. The Morgan fingerprint density at radius 3 is 2.45 bits per heavy atom. The van der Waals surface area contributed by atoms with Crippen LogP contribution < -0.4 is 0 Å². The molecule has 1 heterocycles. The maximum Gasteiger partial charge on any atom is 0.416 e. The number of carboxylic acid groups (broad SMARTS) is 1. The first-order valence-electron chi connectivity index (χ1n) is 5.12. The van der Waals surface area contributed by atoms with Crippen molar-refractivity contribution in [2.24, 2.45) is 0 Å². The predicted octanol–water partition coefficient (Wildman–Crippen LogP) is 4.34. The number of pyridine rings is 1. The van der Waals surface area contributed by atoms with E-state index >= 15 is 0 Å². The van der Waals surface area contributed by atoms with Crippen molar-refractivity contribution in [3.8, 4) is 0 Å². The molecule has 0 fully saturated rings. The van der Waals surface area contributed by atoms with Crippen LogP contribution >= 0.6 is 24.0 Å². The summed E-state index contributed by atoms with van der Waals surface area (Å²) in [4.78, 5) is 14.7. The zero-order valence-corrected chi connectivity index (χ0v) is 11.5. The lowest BCUT2D eigenvalue weighted by molar-refractivity contribution is -0.137. The topological polar surface area (TPSA) is 50.2 Å². The minimum absolute atomic E-state index is 0. The summed E-state index contributed by atoms with van der Waals surface area (Å²) in [6, 6.07) is 2.93. The standard InChI is InChI=1S/C12H7ClF3NO2.ClH/c1-5-7-3-2-6(12(14,15)16)4-8(7)17-10(13)9(5)11(18)19;/h2-4H,1H3,(H,18,19);1H. The number of aryl methyl sites for hydroxylation is 1. The van der Waals surface area contributed by atoms with E-state index in [1.165, 1.54) is 13.0 Å². The molecule has 20 heavy (non-hydrogen) atoms. The van der Waals surface area contributed by atoms with Crippen molar-refractivity contribution in [2.45, 2.75) is 13.1 Å². The summed E-state index contributed by atoms with van der Waals surface area (Å²) in [5, 5.41) is 8.99. The monoisotopic (exact) mass is 325 g/mol. The van der Waals surface area contributed by atoms with Gasteiger partial charge in [-0.15, -0.1) is 12.4 Å². The van der Waals surface area contributed by atoms with Crippen molar-refractivity contribution in [2.75, 3.05) is 0 Å². The second-order valence-electron chi connectivity index (χ2n) is 3.94. The van der Waals surface area contributed by atoms with Crippen molar-refractivity contribution in [1.29, 1.82) is 0 Å². The van der Waals surface area contributed by atoms with E-state index in [1.54, 1.807) is 0 Å². The number of carboxylic acids is 1. The maximum absolute atomic E-state index is 12.6. The third kappa shape index (κ3) is 2.81. The predicted molar refractivity (Wildman–Crippen MR) is 70.7 cm³/mol. The van der Waals surface area contributed by atoms with Gasteiger partial charge in [-0.25, -0.2) is 9.78 Å². The average molecular weight is 326 g/mol. The summed E-state index contributed by atoms with van der Waals surface area (Å²) in [5.41, 5.74) is -0.751. The minimum atomic E-state index is -4.48. The lowest BCUT2D eigenvalue weighted by Crippen LogP contribution is -2.07. The van der Waals surface area contributed by atoms with Gasteiger partial charge in [0.25, 0.3) is 0 Å². The second-order valence-corrected chi connectivity index (χ2v) is 4.30. The molecule has 0 radical (unpaired) electrons. The Bertz CT molecular complexity index is 686. The highest BCUT2D eigenvalue weighted by Gasteiger charge is 2.31. The summed E-state index contributed by atoms with van der Waals surface area (Å²) >= 11 is 5.70. The molecular formula is C12H8Cl2F3NO2. The number of hydrogen-bond donors (Lipinski definition) is 1. The number of carbonyl (C=O) groups is 1. The van der Waals surface area contributed by atoms with Crippen LogP contribution in [0.1, 0.15) is 21.5 Å². The molecule has 1 aromatic carbocycles. The van der Waals surface area contributed by atoms with E-state index in [4.69, 9.17) is 16.7 Å². The molecule has 3 nitrogen and oxygen atoms in total. The zero-order chi connectivity index (χ0) is 14.4. The number of aromatic carboxylic acids is 1. The second kappa shape index (κ2) is 5.46. The van der Waals surface area contributed by atoms with E-state index in [0.717, 1.165) is 12.1 Å². The summed E-state index contributed by atoms with van der Waals surface area (Å²) in [6.07, 6.45) is -4.48. The molecule has 1 N–H and O–H groups in total. The number of fused-ring (bicyclic) bond motifs is 1. The van der Waals surface area contributed by atoms with Crippen LogP contribution in [0.15, 0.2) is 18.2 Å². The van der Waals surface area contributed by atoms with E-state index in [0.29, 0.717) is 5.39 Å². The molecule has 0 aliphatic carbocycles. The summed E-state index contributed by atoms with van der Waals surface area (Å²) < 4.78 is 37.7. The number of nitrogens with zero attached hydrogens (tertiary/aromatic N) is 1. The Morgan fingerprint density at radius 2 is 1.95 bits per heavy atom. The molecule has 1 aromatic heterocycles. The number of halogens is 5. The fraction of sp³-hybridized carbons (Fsp3) is 0.167. The Labute approximate surface area is 122 Å². The summed E-state index contributed by atoms with van der Waals surface area (Å²) in [5.74, 6) is -1.27. The van der Waals surface area contributed by atoms with Gasteiger partial charge in [-0.05, 0) is 24.6 Å². The molecule has 0 bridgehead atoms. The summed E-state index contributed by atoms with van der Waals surface area (Å²) in [6.45, 7) is 1.48. The van der Waals surface area contributed by atoms with Gasteiger partial charge in [0.1, 0.15) is 10.7 Å². The Morgan fingerprint density at radius 1 is 1.35 bits per heavy atom. The normalized spacial score (nSPS) is 11.2. The van der Waals surface area contributed by atoms with Crippen LogP contribution in [0.5, 0.6) is 0 Å². The van der Waals surface area contributed by atoms with Crippen molar-refractivity contribution in [1.82, 2.24) is 4.98 Å². The molecule has 108 valence electrons. The van der Waals surface area contributed by atoms with Crippen LogP contribution in [0.3, 0.4) is 0 Å². The fourth-order valence-corrected chi connectivity index (χ4v) is 2.13. The SMILES string of the molecule is Cc1c(C(=O)O)c(Cl)nc2cc(C(F)(F)F)ccc12.Cl. The van der Waals surface area contributed by atoms with Crippen LogP contribution in [-0.4, -0.2) is 16.1 Å². The van der Waals surface area contributed by atoms with Gasteiger partial charge in [0, 0.05) is 5.39 Å². The molecule has 8 heteroatoms. The number of aromatic nitrogens is 1. The van der Waals surface area contributed by atoms with Crippen LogP contribution in [0, 0.1) is 6.92 Å². The first-order chi connectivity index (χ1) is 8.71. The van der Waals surface area contributed by atoms with E-state index in [1.807, 2.05) is 0 Å². The number of benzene rings is 1. The van der Waals surface area contributed by atoms with E-state index in [-0.39, 0.29) is 34.2 Å². The van der Waals surface area contributed by atoms with Crippen LogP contribution in [0.2, 0.25) is 5.15 Å². The first kappa shape index (κ1) is 16.5. The van der Waals surface area contributed by atoms with Crippen molar-refractivity contribution >= 4 is 40.9 Å². The fourth-order valence-electron chi connectivity index (χ4n) is 1.82. The van der Waals surface area contributed by atoms with Gasteiger partial charge in [0.15, 0.2) is 0 Å². The van der Waals surface area contributed by atoms with Gasteiger partial charge in [-0.1, -0.05) is 17.7 Å². The molecule has 2 rings (SSSR count). The Hall–Kier alpha value is -1.53. The molecule has 0 unspecified atom stereocenters. The van der Waals surface area contributed by atoms with E-state index in [9.17, 15) is 18.0 Å². The molecule has 0 saturated heterocycles. The van der Waals surface area contributed by atoms with Crippen LogP contribution in [0.25, 0.3) is 10.9 Å². The van der Waals surface area contributed by atoms with E-state index < -0.39 is 17.7 Å². The molecule has 0 aliphatic rings. The molecule has 0 spiro atoms. The number of hydrogen-bond acceptors (Lipinski definition) is 2. The van der Waals surface area contributed by atoms with Gasteiger partial charge < -0.3 is 5.11 Å². The zero-order valence-electron chi connectivity index (χ0n) is 9.95. The van der Waals surface area contributed by atoms with Gasteiger partial charge in [0.05, 0.1) is 11.1 Å². The van der Waals surface area contributed by atoms with Gasteiger partial charge in [0.2, 0.25) is 0 Å². The smallest absolute Gasteiger partial charge is 0.416 e. The van der Waals surface area contributed by atoms with Crippen molar-refractivity contribution < 1.29 is 23.1 Å². The molecule has 0 saturated carbocycles. The maximum atomic E-state index is 12.6. The van der Waals surface area contributed by atoms with Crippen molar-refractivity contribution in [3.05, 3.63) is 40.0 Å². The first-order valence-corrected chi connectivity index (χ1v) is 5.50. The van der Waals surface area contributed by atoms with Crippen LogP contribution in [-0.2, 0) is 6.18 Å². The molecular weight excluding hydrogens is 318 g/mol. The van der Waals surface area contributed by atoms with Gasteiger partial charge in [-0.3, -0.25) is 0 Å².